The van der Waals surface area contributed by atoms with Gasteiger partial charge in [0, 0.05) is 13.2 Å². The molecule has 0 aliphatic rings. The zero-order valence-corrected chi connectivity index (χ0v) is 11.9. The highest BCUT2D eigenvalue weighted by Crippen LogP contribution is 2.22. The maximum atomic E-state index is 5.69. The molecule has 0 amide bonds. The van der Waals surface area contributed by atoms with Gasteiger partial charge in [0.2, 0.25) is 0 Å². The molecule has 0 rings (SSSR count). The molecule has 3 nitrogen and oxygen atoms in total. The molecule has 0 atom stereocenters. The number of rotatable bonds is 9. The minimum absolute atomic E-state index is 0.261. The molecular weight excluding hydrogens is 206 g/mol. The molecule has 0 fully saturated rings. The van der Waals surface area contributed by atoms with Gasteiger partial charge in [-0.1, -0.05) is 20.3 Å². The van der Waals surface area contributed by atoms with Crippen LogP contribution in [-0.4, -0.2) is 29.0 Å². The molecule has 0 bridgehead atoms. The van der Waals surface area contributed by atoms with Crippen LogP contribution in [0, 0.1) is 5.41 Å². The lowest BCUT2D eigenvalue weighted by molar-refractivity contribution is 0.210. The van der Waals surface area contributed by atoms with Crippen LogP contribution in [0.2, 0.25) is 6.04 Å². The summed E-state index contributed by atoms with van der Waals surface area (Å²) in [5.41, 5.74) is 5.95. The van der Waals surface area contributed by atoms with Crippen molar-refractivity contribution in [3.63, 3.8) is 0 Å². The van der Waals surface area contributed by atoms with Crippen LogP contribution in [0.4, 0.5) is 0 Å². The van der Waals surface area contributed by atoms with Gasteiger partial charge in [0.1, 0.15) is 0 Å². The Kier molecular flexibility index (Phi) is 8.33. The van der Waals surface area contributed by atoms with Crippen molar-refractivity contribution >= 4 is 9.28 Å². The van der Waals surface area contributed by atoms with Crippen molar-refractivity contribution < 1.29 is 8.85 Å². The SMILES string of the molecule is CCO[SiH](CCCC(C)(C)CN)OCC. The Balaban J connectivity index is 3.69. The lowest BCUT2D eigenvalue weighted by atomic mass is 9.88. The van der Waals surface area contributed by atoms with Crippen molar-refractivity contribution in [1.29, 1.82) is 0 Å². The van der Waals surface area contributed by atoms with Gasteiger partial charge in [0.05, 0.1) is 0 Å². The first kappa shape index (κ1) is 15.1. The van der Waals surface area contributed by atoms with Crippen LogP contribution >= 0.6 is 0 Å². The van der Waals surface area contributed by atoms with E-state index in [4.69, 9.17) is 14.6 Å². The zero-order chi connectivity index (χ0) is 11.7. The van der Waals surface area contributed by atoms with Crippen LogP contribution < -0.4 is 5.73 Å². The lowest BCUT2D eigenvalue weighted by Gasteiger charge is -2.23. The zero-order valence-electron chi connectivity index (χ0n) is 10.7. The lowest BCUT2D eigenvalue weighted by Crippen LogP contribution is -2.26. The second kappa shape index (κ2) is 8.27. The molecule has 0 spiro atoms. The van der Waals surface area contributed by atoms with Crippen molar-refractivity contribution in [2.75, 3.05) is 19.8 Å². The van der Waals surface area contributed by atoms with Crippen LogP contribution in [0.1, 0.15) is 40.5 Å². The highest BCUT2D eigenvalue weighted by molar-refractivity contribution is 6.44. The van der Waals surface area contributed by atoms with Crippen LogP contribution in [0.5, 0.6) is 0 Å². The Morgan fingerprint density at radius 3 is 2.07 bits per heavy atom. The fourth-order valence-electron chi connectivity index (χ4n) is 1.44. The second-order valence-electron chi connectivity index (χ2n) is 4.60. The third-order valence-electron chi connectivity index (χ3n) is 2.55. The maximum absolute atomic E-state index is 5.69. The molecule has 0 saturated carbocycles. The predicted octanol–water partition coefficient (Wildman–Crippen LogP) is 2.04. The summed E-state index contributed by atoms with van der Waals surface area (Å²) in [6.45, 7) is 10.8. The number of hydrogen-bond donors (Lipinski definition) is 1. The molecule has 0 aromatic heterocycles. The Bertz CT molecular complexity index is 148. The first-order chi connectivity index (χ1) is 7.05. The summed E-state index contributed by atoms with van der Waals surface area (Å²) >= 11 is 0. The molecule has 4 heteroatoms. The topological polar surface area (TPSA) is 44.5 Å². The van der Waals surface area contributed by atoms with Crippen LogP contribution in [0.3, 0.4) is 0 Å². The van der Waals surface area contributed by atoms with E-state index < -0.39 is 9.28 Å². The summed E-state index contributed by atoms with van der Waals surface area (Å²) in [4.78, 5) is 0. The molecule has 0 saturated heterocycles. The van der Waals surface area contributed by atoms with Crippen molar-refractivity contribution in [2.45, 2.75) is 46.6 Å². The van der Waals surface area contributed by atoms with E-state index in [2.05, 4.69) is 13.8 Å². The minimum Gasteiger partial charge on any atom is -0.397 e. The van der Waals surface area contributed by atoms with E-state index >= 15 is 0 Å². The average molecular weight is 233 g/mol. The minimum atomic E-state index is -1.38. The Morgan fingerprint density at radius 1 is 1.13 bits per heavy atom. The van der Waals surface area contributed by atoms with Crippen molar-refractivity contribution in [3.8, 4) is 0 Å². The van der Waals surface area contributed by atoms with Crippen LogP contribution in [0.15, 0.2) is 0 Å². The molecule has 15 heavy (non-hydrogen) atoms. The van der Waals surface area contributed by atoms with Gasteiger partial charge in [-0.3, -0.25) is 0 Å². The monoisotopic (exact) mass is 233 g/mol. The quantitative estimate of drug-likeness (QED) is 0.620. The van der Waals surface area contributed by atoms with E-state index in [0.29, 0.717) is 0 Å². The summed E-state index contributed by atoms with van der Waals surface area (Å²) in [5, 5.41) is 0. The molecule has 0 aliphatic heterocycles. The van der Waals surface area contributed by atoms with E-state index in [1.807, 2.05) is 13.8 Å². The largest absolute Gasteiger partial charge is 0.397 e. The predicted molar refractivity (Wildman–Crippen MR) is 67.3 cm³/mol. The average Bonchev–Trinajstić information content (AvgIpc) is 2.18. The molecule has 0 heterocycles. The highest BCUT2D eigenvalue weighted by atomic mass is 28.3. The normalized spacial score (nSPS) is 12.4. The van der Waals surface area contributed by atoms with Gasteiger partial charge in [0.25, 0.3) is 0 Å². The van der Waals surface area contributed by atoms with Gasteiger partial charge in [-0.25, -0.2) is 0 Å². The first-order valence-electron chi connectivity index (χ1n) is 5.99. The highest BCUT2D eigenvalue weighted by Gasteiger charge is 2.18. The molecule has 0 aromatic rings. The van der Waals surface area contributed by atoms with Crippen LogP contribution in [0.25, 0.3) is 0 Å². The van der Waals surface area contributed by atoms with Gasteiger partial charge in [-0.15, -0.1) is 0 Å². The second-order valence-corrected chi connectivity index (χ2v) is 6.70. The van der Waals surface area contributed by atoms with E-state index in [0.717, 1.165) is 32.2 Å². The first-order valence-corrected chi connectivity index (χ1v) is 7.75. The molecular formula is C11H27NO2Si. The van der Waals surface area contributed by atoms with Gasteiger partial charge in [-0.2, -0.15) is 0 Å². The van der Waals surface area contributed by atoms with Gasteiger partial charge < -0.3 is 14.6 Å². The summed E-state index contributed by atoms with van der Waals surface area (Å²) in [6, 6.07) is 1.10. The third-order valence-corrected chi connectivity index (χ3v) is 4.84. The van der Waals surface area contributed by atoms with E-state index in [-0.39, 0.29) is 5.41 Å². The Morgan fingerprint density at radius 2 is 1.67 bits per heavy atom. The summed E-state index contributed by atoms with van der Waals surface area (Å²) in [7, 11) is -1.38. The molecule has 92 valence electrons. The number of hydrogen-bond acceptors (Lipinski definition) is 3. The van der Waals surface area contributed by atoms with Crippen molar-refractivity contribution in [1.82, 2.24) is 0 Å². The molecule has 0 unspecified atom stereocenters. The molecule has 0 aromatic carbocycles. The fourth-order valence-corrected chi connectivity index (χ4v) is 3.15. The summed E-state index contributed by atoms with van der Waals surface area (Å²) < 4.78 is 11.2. The summed E-state index contributed by atoms with van der Waals surface area (Å²) in [6.07, 6.45) is 2.33. The fraction of sp³-hybridized carbons (Fsp3) is 1.00. The molecule has 2 N–H and O–H groups in total. The Labute approximate surface area is 96.2 Å². The van der Waals surface area contributed by atoms with Gasteiger partial charge in [-0.05, 0) is 38.3 Å². The smallest absolute Gasteiger partial charge is 0.321 e. The van der Waals surface area contributed by atoms with Crippen LogP contribution in [-0.2, 0) is 8.85 Å². The van der Waals surface area contributed by atoms with Crippen molar-refractivity contribution in [2.24, 2.45) is 11.1 Å². The van der Waals surface area contributed by atoms with E-state index in [1.54, 1.807) is 0 Å². The van der Waals surface area contributed by atoms with E-state index in [1.165, 1.54) is 6.42 Å². The summed E-state index contributed by atoms with van der Waals surface area (Å²) in [5.74, 6) is 0. The molecule has 0 aliphatic carbocycles. The standard InChI is InChI=1S/C11H27NO2Si/c1-5-13-15(14-6-2)9-7-8-11(3,4)10-12/h15H,5-10,12H2,1-4H3. The van der Waals surface area contributed by atoms with Crippen molar-refractivity contribution in [3.05, 3.63) is 0 Å². The van der Waals surface area contributed by atoms with E-state index in [9.17, 15) is 0 Å². The third kappa shape index (κ3) is 7.96. The van der Waals surface area contributed by atoms with Gasteiger partial charge in [0.15, 0.2) is 0 Å². The van der Waals surface area contributed by atoms with Gasteiger partial charge >= 0.3 is 9.28 Å². The Hall–Kier alpha value is 0.0969. The number of nitrogens with two attached hydrogens (primary N) is 1. The maximum Gasteiger partial charge on any atom is 0.321 e. The molecule has 0 radical (unpaired) electrons.